The molecule has 140 valence electrons. The number of carbonyl (C=O) groups excluding carboxylic acids is 1. The number of aliphatic hydroxyl groups excluding tert-OH is 1. The number of halogens is 1. The van der Waals surface area contributed by atoms with E-state index in [0.717, 1.165) is 11.3 Å². The number of amides is 1. The topological polar surface area (TPSA) is 61.8 Å². The first kappa shape index (κ1) is 20.1. The summed E-state index contributed by atoms with van der Waals surface area (Å²) in [4.78, 5) is 14.4. The fourth-order valence-corrected chi connectivity index (χ4v) is 2.48. The standard InChI is InChI=1S/C20H25ClN2O3/c1-20(2,26-17-11-7-15(21)8-12-17)19(25)22-13-18(24)14-5-9-16(10-6-14)23(3)4/h5-12,18,24H,13H2,1-4H3,(H,22,25)/t18-/m1/s1. The highest BCUT2D eigenvalue weighted by Crippen LogP contribution is 2.22. The summed E-state index contributed by atoms with van der Waals surface area (Å²) in [6.07, 6.45) is -0.790. The van der Waals surface area contributed by atoms with Crippen LogP contribution in [0.15, 0.2) is 48.5 Å². The number of rotatable bonds is 7. The maximum absolute atomic E-state index is 12.4. The van der Waals surface area contributed by atoms with Gasteiger partial charge in [-0.2, -0.15) is 0 Å². The minimum Gasteiger partial charge on any atom is -0.478 e. The molecule has 2 aromatic carbocycles. The molecule has 0 aliphatic rings. The first-order valence-corrected chi connectivity index (χ1v) is 8.75. The quantitative estimate of drug-likeness (QED) is 0.777. The molecule has 0 aliphatic heterocycles. The molecule has 0 saturated carbocycles. The first-order chi connectivity index (χ1) is 12.2. The minimum absolute atomic E-state index is 0.105. The average molecular weight is 377 g/mol. The van der Waals surface area contributed by atoms with Gasteiger partial charge in [0.25, 0.3) is 5.91 Å². The van der Waals surface area contributed by atoms with Crippen molar-refractivity contribution >= 4 is 23.2 Å². The molecule has 1 amide bonds. The Labute approximate surface area is 159 Å². The second-order valence-corrected chi connectivity index (χ2v) is 7.21. The summed E-state index contributed by atoms with van der Waals surface area (Å²) in [5.41, 5.74) is 0.706. The van der Waals surface area contributed by atoms with Gasteiger partial charge in [-0.3, -0.25) is 4.79 Å². The summed E-state index contributed by atoms with van der Waals surface area (Å²) in [5, 5.41) is 13.6. The molecule has 0 fully saturated rings. The van der Waals surface area contributed by atoms with Crippen LogP contribution in [0.4, 0.5) is 5.69 Å². The summed E-state index contributed by atoms with van der Waals surface area (Å²) >= 11 is 5.85. The van der Waals surface area contributed by atoms with E-state index in [2.05, 4.69) is 5.32 Å². The number of anilines is 1. The number of benzene rings is 2. The fraction of sp³-hybridized carbons (Fsp3) is 0.350. The molecule has 2 aromatic rings. The van der Waals surface area contributed by atoms with Gasteiger partial charge in [-0.1, -0.05) is 23.7 Å². The largest absolute Gasteiger partial charge is 0.478 e. The van der Waals surface area contributed by atoms with E-state index in [1.807, 2.05) is 43.3 Å². The van der Waals surface area contributed by atoms with Gasteiger partial charge in [0.15, 0.2) is 5.60 Å². The molecule has 26 heavy (non-hydrogen) atoms. The lowest BCUT2D eigenvalue weighted by molar-refractivity contribution is -0.134. The summed E-state index contributed by atoms with van der Waals surface area (Å²) < 4.78 is 5.74. The zero-order chi connectivity index (χ0) is 19.3. The monoisotopic (exact) mass is 376 g/mol. The van der Waals surface area contributed by atoms with Crippen molar-refractivity contribution in [2.45, 2.75) is 25.6 Å². The van der Waals surface area contributed by atoms with Crippen LogP contribution >= 0.6 is 11.6 Å². The molecule has 2 rings (SSSR count). The van der Waals surface area contributed by atoms with Crippen LogP contribution in [0.3, 0.4) is 0 Å². The summed E-state index contributed by atoms with van der Waals surface area (Å²) in [6.45, 7) is 3.46. The van der Waals surface area contributed by atoms with Gasteiger partial charge in [-0.15, -0.1) is 0 Å². The third-order valence-corrected chi connectivity index (χ3v) is 4.24. The number of carbonyl (C=O) groups is 1. The van der Waals surface area contributed by atoms with E-state index in [9.17, 15) is 9.90 Å². The van der Waals surface area contributed by atoms with E-state index in [0.29, 0.717) is 10.8 Å². The predicted octanol–water partition coefficient (Wildman–Crippen LogP) is 3.41. The number of nitrogens with zero attached hydrogens (tertiary/aromatic N) is 1. The van der Waals surface area contributed by atoms with Crippen molar-refractivity contribution in [2.24, 2.45) is 0 Å². The molecular formula is C20H25ClN2O3. The molecule has 0 radical (unpaired) electrons. The van der Waals surface area contributed by atoms with Crippen LogP contribution in [-0.2, 0) is 4.79 Å². The Hall–Kier alpha value is -2.24. The van der Waals surface area contributed by atoms with Crippen LogP contribution < -0.4 is 15.0 Å². The SMILES string of the molecule is CN(C)c1ccc([C@H](O)CNC(=O)C(C)(C)Oc2ccc(Cl)cc2)cc1. The van der Waals surface area contributed by atoms with Crippen molar-refractivity contribution in [3.05, 3.63) is 59.1 Å². The second-order valence-electron chi connectivity index (χ2n) is 6.78. The van der Waals surface area contributed by atoms with Gasteiger partial charge < -0.3 is 20.1 Å². The molecule has 0 aliphatic carbocycles. The van der Waals surface area contributed by atoms with Crippen LogP contribution in [0.25, 0.3) is 0 Å². The lowest BCUT2D eigenvalue weighted by Crippen LogP contribution is -2.47. The number of nitrogens with one attached hydrogen (secondary N) is 1. The molecule has 5 nitrogen and oxygen atoms in total. The Morgan fingerprint density at radius 2 is 1.73 bits per heavy atom. The van der Waals surface area contributed by atoms with Gasteiger partial charge in [-0.05, 0) is 55.8 Å². The van der Waals surface area contributed by atoms with Crippen LogP contribution in [0.1, 0.15) is 25.5 Å². The molecule has 1 atom stereocenters. The molecule has 0 unspecified atom stereocenters. The average Bonchev–Trinajstić information content (AvgIpc) is 2.61. The van der Waals surface area contributed by atoms with E-state index < -0.39 is 11.7 Å². The molecule has 0 bridgehead atoms. The van der Waals surface area contributed by atoms with Crippen molar-refractivity contribution < 1.29 is 14.6 Å². The summed E-state index contributed by atoms with van der Waals surface area (Å²) in [7, 11) is 3.91. The number of ether oxygens (including phenoxy) is 1. The van der Waals surface area contributed by atoms with Crippen molar-refractivity contribution in [1.29, 1.82) is 0 Å². The Balaban J connectivity index is 1.92. The summed E-state index contributed by atoms with van der Waals surface area (Å²) in [6, 6.07) is 14.4. The van der Waals surface area contributed by atoms with E-state index in [4.69, 9.17) is 16.3 Å². The van der Waals surface area contributed by atoms with Gasteiger partial charge >= 0.3 is 0 Å². The third kappa shape index (κ3) is 5.38. The van der Waals surface area contributed by atoms with Gasteiger partial charge in [-0.25, -0.2) is 0 Å². The number of hydrogen-bond acceptors (Lipinski definition) is 4. The van der Waals surface area contributed by atoms with E-state index in [1.54, 1.807) is 38.1 Å². The van der Waals surface area contributed by atoms with Crippen molar-refractivity contribution in [3.8, 4) is 5.75 Å². The normalized spacial score (nSPS) is 12.4. The number of hydrogen-bond donors (Lipinski definition) is 2. The highest BCUT2D eigenvalue weighted by atomic mass is 35.5. The number of aliphatic hydroxyl groups is 1. The van der Waals surface area contributed by atoms with Gasteiger partial charge in [0.2, 0.25) is 0 Å². The highest BCUT2D eigenvalue weighted by molar-refractivity contribution is 6.30. The van der Waals surface area contributed by atoms with Gasteiger partial charge in [0.05, 0.1) is 6.10 Å². The Bertz CT molecular complexity index is 728. The van der Waals surface area contributed by atoms with Gasteiger partial charge in [0.1, 0.15) is 5.75 Å². The van der Waals surface area contributed by atoms with Crippen LogP contribution in [0.2, 0.25) is 5.02 Å². The Morgan fingerprint density at radius 1 is 1.15 bits per heavy atom. The molecule has 0 saturated heterocycles. The minimum atomic E-state index is -1.08. The molecular weight excluding hydrogens is 352 g/mol. The smallest absolute Gasteiger partial charge is 0.263 e. The lowest BCUT2D eigenvalue weighted by Gasteiger charge is -2.26. The van der Waals surface area contributed by atoms with E-state index in [1.165, 1.54) is 0 Å². The molecule has 0 spiro atoms. The third-order valence-electron chi connectivity index (χ3n) is 3.98. The molecule has 0 aromatic heterocycles. The van der Waals surface area contributed by atoms with Crippen molar-refractivity contribution in [1.82, 2.24) is 5.32 Å². The van der Waals surface area contributed by atoms with Crippen molar-refractivity contribution in [3.63, 3.8) is 0 Å². The van der Waals surface area contributed by atoms with E-state index in [-0.39, 0.29) is 12.5 Å². The Kier molecular flexibility index (Phi) is 6.51. The zero-order valence-electron chi connectivity index (χ0n) is 15.5. The highest BCUT2D eigenvalue weighted by Gasteiger charge is 2.30. The Morgan fingerprint density at radius 3 is 2.27 bits per heavy atom. The maximum atomic E-state index is 12.4. The second kappa shape index (κ2) is 8.43. The maximum Gasteiger partial charge on any atom is 0.263 e. The molecule has 2 N–H and O–H groups in total. The molecule has 0 heterocycles. The first-order valence-electron chi connectivity index (χ1n) is 8.37. The van der Waals surface area contributed by atoms with Crippen LogP contribution in [-0.4, -0.2) is 37.3 Å². The van der Waals surface area contributed by atoms with Crippen molar-refractivity contribution in [2.75, 3.05) is 25.5 Å². The predicted molar refractivity (Wildman–Crippen MR) is 105 cm³/mol. The van der Waals surface area contributed by atoms with Crippen LogP contribution in [0, 0.1) is 0 Å². The molecule has 6 heteroatoms. The lowest BCUT2D eigenvalue weighted by atomic mass is 10.1. The summed E-state index contributed by atoms with van der Waals surface area (Å²) in [5.74, 6) is 0.241. The zero-order valence-corrected chi connectivity index (χ0v) is 16.2. The van der Waals surface area contributed by atoms with Gasteiger partial charge in [0, 0.05) is 31.4 Å². The van der Waals surface area contributed by atoms with Crippen LogP contribution in [0.5, 0.6) is 5.75 Å². The van der Waals surface area contributed by atoms with E-state index >= 15 is 0 Å². The fourth-order valence-electron chi connectivity index (χ4n) is 2.36.